The third-order valence-electron chi connectivity index (χ3n) is 6.63. The van der Waals surface area contributed by atoms with Crippen LogP contribution in [-0.4, -0.2) is 19.9 Å². The Morgan fingerprint density at radius 2 is 1.19 bits per heavy atom. The smallest absolute Gasteiger partial charge is 0.0964 e. The van der Waals surface area contributed by atoms with Gasteiger partial charge in [-0.25, -0.2) is 0 Å². The van der Waals surface area contributed by atoms with Gasteiger partial charge in [0, 0.05) is 52.1 Å². The molecule has 36 heavy (non-hydrogen) atoms. The summed E-state index contributed by atoms with van der Waals surface area (Å²) in [5.41, 5.74) is 9.21. The molecule has 7 rings (SSSR count). The van der Waals surface area contributed by atoms with Crippen LogP contribution in [0.1, 0.15) is 0 Å². The highest BCUT2D eigenvalue weighted by atomic mass is 14.7. The molecule has 4 heteroatoms. The highest BCUT2D eigenvalue weighted by molar-refractivity contribution is 6.03. The minimum absolute atomic E-state index is 0.919. The number of benzene rings is 3. The number of hydrogen-bond acceptors (Lipinski definition) is 4. The predicted octanol–water partition coefficient (Wildman–Crippen LogP) is 7.73. The van der Waals surface area contributed by atoms with Crippen LogP contribution in [0.25, 0.3) is 66.2 Å². The van der Waals surface area contributed by atoms with Gasteiger partial charge in [-0.05, 0) is 59.2 Å². The maximum absolute atomic E-state index is 4.82. The van der Waals surface area contributed by atoms with Gasteiger partial charge in [0.2, 0.25) is 0 Å². The maximum atomic E-state index is 4.82. The Labute approximate surface area is 208 Å². The van der Waals surface area contributed by atoms with Gasteiger partial charge in [0.1, 0.15) is 0 Å². The van der Waals surface area contributed by atoms with Crippen molar-refractivity contribution in [2.75, 3.05) is 0 Å². The van der Waals surface area contributed by atoms with Crippen molar-refractivity contribution < 1.29 is 0 Å². The van der Waals surface area contributed by atoms with Crippen LogP contribution >= 0.6 is 0 Å². The molecule has 7 aromatic rings. The largest absolute Gasteiger partial charge is 0.256 e. The lowest BCUT2D eigenvalue weighted by atomic mass is 9.92. The summed E-state index contributed by atoms with van der Waals surface area (Å²) in [4.78, 5) is 18.6. The van der Waals surface area contributed by atoms with E-state index in [1.807, 2.05) is 55.1 Å². The van der Waals surface area contributed by atoms with Gasteiger partial charge in [0.15, 0.2) is 0 Å². The first-order chi connectivity index (χ1) is 17.8. The van der Waals surface area contributed by atoms with Gasteiger partial charge >= 0.3 is 0 Å². The molecule has 0 radical (unpaired) electrons. The van der Waals surface area contributed by atoms with Gasteiger partial charge in [-0.2, -0.15) is 0 Å². The summed E-state index contributed by atoms with van der Waals surface area (Å²) in [7, 11) is 0. The average Bonchev–Trinajstić information content (AvgIpc) is 2.96. The van der Waals surface area contributed by atoms with E-state index in [0.717, 1.165) is 66.2 Å². The zero-order chi connectivity index (χ0) is 23.9. The van der Waals surface area contributed by atoms with Gasteiger partial charge in [-0.1, -0.05) is 54.6 Å². The summed E-state index contributed by atoms with van der Waals surface area (Å²) in [5.74, 6) is 0. The Balaban J connectivity index is 1.42. The number of rotatable bonds is 3. The van der Waals surface area contributed by atoms with Crippen LogP contribution in [0.15, 0.2) is 122 Å². The van der Waals surface area contributed by atoms with E-state index < -0.39 is 0 Å². The third kappa shape index (κ3) is 3.48. The molecule has 0 aliphatic carbocycles. The molecule has 0 saturated carbocycles. The fourth-order valence-electron chi connectivity index (χ4n) is 4.84. The van der Waals surface area contributed by atoms with Crippen LogP contribution in [0.4, 0.5) is 0 Å². The van der Waals surface area contributed by atoms with Crippen molar-refractivity contribution in [1.29, 1.82) is 0 Å². The molecule has 4 heterocycles. The van der Waals surface area contributed by atoms with E-state index in [2.05, 4.69) is 81.7 Å². The van der Waals surface area contributed by atoms with Crippen molar-refractivity contribution in [2.24, 2.45) is 0 Å². The second-order valence-electron chi connectivity index (χ2n) is 8.82. The van der Waals surface area contributed by atoms with Crippen molar-refractivity contribution in [3.05, 3.63) is 122 Å². The minimum atomic E-state index is 0.919. The predicted molar refractivity (Wildman–Crippen MR) is 146 cm³/mol. The van der Waals surface area contributed by atoms with Gasteiger partial charge in [0.05, 0.1) is 22.2 Å². The van der Waals surface area contributed by atoms with Crippen LogP contribution in [0.3, 0.4) is 0 Å². The molecule has 0 unspecified atom stereocenters. The monoisotopic (exact) mass is 460 g/mol. The molecule has 4 nitrogen and oxygen atoms in total. The standard InChI is InChI=1S/C32H20N4/c1-2-14-33-29(7-1)27-13-12-23(18-28(27)24-10-8-21-5-3-15-34-30(21)19-24)26-17-25-11-9-22-6-4-16-35-31(22)32(25)36-20-26/h1-20H. The van der Waals surface area contributed by atoms with Gasteiger partial charge < -0.3 is 0 Å². The summed E-state index contributed by atoms with van der Waals surface area (Å²) in [6.45, 7) is 0. The summed E-state index contributed by atoms with van der Waals surface area (Å²) in [6.07, 6.45) is 7.43. The Hall–Kier alpha value is -4.96. The van der Waals surface area contributed by atoms with Crippen LogP contribution < -0.4 is 0 Å². The van der Waals surface area contributed by atoms with Crippen molar-refractivity contribution in [2.45, 2.75) is 0 Å². The van der Waals surface area contributed by atoms with E-state index in [0.29, 0.717) is 0 Å². The molecule has 3 aromatic carbocycles. The van der Waals surface area contributed by atoms with Crippen LogP contribution in [0.5, 0.6) is 0 Å². The van der Waals surface area contributed by atoms with Gasteiger partial charge in [-0.3, -0.25) is 19.9 Å². The first-order valence-electron chi connectivity index (χ1n) is 11.9. The molecule has 0 atom stereocenters. The number of aromatic nitrogens is 4. The number of hydrogen-bond donors (Lipinski definition) is 0. The van der Waals surface area contributed by atoms with E-state index in [9.17, 15) is 0 Å². The summed E-state index contributed by atoms with van der Waals surface area (Å²) < 4.78 is 0. The fraction of sp³-hybridized carbons (Fsp3) is 0. The number of nitrogens with zero attached hydrogens (tertiary/aromatic N) is 4. The molecule has 0 amide bonds. The highest BCUT2D eigenvalue weighted by Gasteiger charge is 2.13. The minimum Gasteiger partial charge on any atom is -0.256 e. The Morgan fingerprint density at radius 3 is 2.11 bits per heavy atom. The SMILES string of the molecule is c1ccc(-c2ccc(-c3cnc4c(ccc5cccnc54)c3)cc2-c2ccc3cccnc3c2)nc1. The summed E-state index contributed by atoms with van der Waals surface area (Å²) >= 11 is 0. The van der Waals surface area contributed by atoms with Crippen molar-refractivity contribution in [3.63, 3.8) is 0 Å². The van der Waals surface area contributed by atoms with Gasteiger partial charge in [-0.15, -0.1) is 0 Å². The lowest BCUT2D eigenvalue weighted by Crippen LogP contribution is -1.91. The van der Waals surface area contributed by atoms with E-state index in [-0.39, 0.29) is 0 Å². The fourth-order valence-corrected chi connectivity index (χ4v) is 4.84. The topological polar surface area (TPSA) is 51.6 Å². The zero-order valence-electron chi connectivity index (χ0n) is 19.3. The quantitative estimate of drug-likeness (QED) is 0.253. The van der Waals surface area contributed by atoms with Crippen molar-refractivity contribution in [1.82, 2.24) is 19.9 Å². The maximum Gasteiger partial charge on any atom is 0.0964 e. The van der Waals surface area contributed by atoms with Crippen molar-refractivity contribution >= 4 is 32.7 Å². The normalized spacial score (nSPS) is 11.3. The van der Waals surface area contributed by atoms with E-state index in [4.69, 9.17) is 4.98 Å². The highest BCUT2D eigenvalue weighted by Crippen LogP contribution is 2.36. The average molecular weight is 461 g/mol. The van der Waals surface area contributed by atoms with Crippen molar-refractivity contribution in [3.8, 4) is 33.5 Å². The Kier molecular flexibility index (Phi) is 4.74. The molecule has 168 valence electrons. The molecule has 0 fully saturated rings. The molecule has 0 spiro atoms. The van der Waals surface area contributed by atoms with E-state index in [1.165, 1.54) is 0 Å². The zero-order valence-corrected chi connectivity index (χ0v) is 19.3. The lowest BCUT2D eigenvalue weighted by molar-refractivity contribution is 1.32. The second kappa shape index (κ2) is 8.36. The molecule has 0 aliphatic rings. The Bertz CT molecular complexity index is 1890. The molecular formula is C32H20N4. The first kappa shape index (κ1) is 20.4. The molecule has 0 N–H and O–H groups in total. The van der Waals surface area contributed by atoms with Crippen LogP contribution in [0.2, 0.25) is 0 Å². The van der Waals surface area contributed by atoms with Crippen LogP contribution in [0, 0.1) is 0 Å². The summed E-state index contributed by atoms with van der Waals surface area (Å²) in [6, 6.07) is 33.5. The molecule has 4 aromatic heterocycles. The van der Waals surface area contributed by atoms with E-state index in [1.54, 1.807) is 0 Å². The lowest BCUT2D eigenvalue weighted by Gasteiger charge is -2.13. The molecule has 0 bridgehead atoms. The first-order valence-corrected chi connectivity index (χ1v) is 11.9. The van der Waals surface area contributed by atoms with Gasteiger partial charge in [0.25, 0.3) is 0 Å². The number of pyridine rings is 4. The third-order valence-corrected chi connectivity index (χ3v) is 6.63. The molecule has 0 saturated heterocycles. The molecule has 0 aliphatic heterocycles. The van der Waals surface area contributed by atoms with Crippen LogP contribution in [-0.2, 0) is 0 Å². The molecular weight excluding hydrogens is 440 g/mol. The van der Waals surface area contributed by atoms with E-state index >= 15 is 0 Å². The second-order valence-corrected chi connectivity index (χ2v) is 8.82. The summed E-state index contributed by atoms with van der Waals surface area (Å²) in [5, 5.41) is 3.29. The Morgan fingerprint density at radius 1 is 0.417 bits per heavy atom. The number of fused-ring (bicyclic) bond motifs is 4.